The molecule has 0 saturated heterocycles. The SMILES string of the molecule is CCOC(C)(C)CNC(=O)CNC. The third kappa shape index (κ3) is 6.54. The van der Waals surface area contributed by atoms with Crippen molar-refractivity contribution in [1.82, 2.24) is 10.6 Å². The molecule has 0 bridgehead atoms. The lowest BCUT2D eigenvalue weighted by Crippen LogP contribution is -2.43. The van der Waals surface area contributed by atoms with Gasteiger partial charge in [0.1, 0.15) is 0 Å². The van der Waals surface area contributed by atoms with E-state index in [1.807, 2.05) is 20.8 Å². The first kappa shape index (κ1) is 12.4. The van der Waals surface area contributed by atoms with Crippen LogP contribution in [0.1, 0.15) is 20.8 Å². The maximum atomic E-state index is 11.1. The van der Waals surface area contributed by atoms with Gasteiger partial charge in [0.2, 0.25) is 5.91 Å². The molecule has 0 aromatic carbocycles. The van der Waals surface area contributed by atoms with Crippen LogP contribution in [0.15, 0.2) is 0 Å². The van der Waals surface area contributed by atoms with Crippen LogP contribution in [-0.2, 0) is 9.53 Å². The fourth-order valence-electron chi connectivity index (χ4n) is 0.976. The summed E-state index contributed by atoms with van der Waals surface area (Å²) in [5.41, 5.74) is -0.280. The zero-order chi connectivity index (χ0) is 10.3. The molecule has 78 valence electrons. The molecule has 13 heavy (non-hydrogen) atoms. The Morgan fingerprint density at radius 3 is 2.54 bits per heavy atom. The number of likely N-dealkylation sites (N-methyl/N-ethyl adjacent to an activating group) is 1. The average molecular weight is 188 g/mol. The first-order chi connectivity index (χ1) is 6.02. The van der Waals surface area contributed by atoms with Crippen molar-refractivity contribution in [1.29, 1.82) is 0 Å². The molecule has 0 aromatic heterocycles. The molecule has 1 amide bonds. The highest BCUT2D eigenvalue weighted by Crippen LogP contribution is 2.06. The molecule has 0 aliphatic heterocycles. The highest BCUT2D eigenvalue weighted by molar-refractivity contribution is 5.77. The predicted octanol–water partition coefficient (Wildman–Crippen LogP) is 0.137. The number of carbonyl (C=O) groups excluding carboxylic acids is 1. The van der Waals surface area contributed by atoms with E-state index in [0.717, 1.165) is 0 Å². The van der Waals surface area contributed by atoms with E-state index < -0.39 is 0 Å². The average Bonchev–Trinajstić information content (AvgIpc) is 2.02. The van der Waals surface area contributed by atoms with Crippen molar-refractivity contribution in [3.05, 3.63) is 0 Å². The minimum atomic E-state index is -0.280. The van der Waals surface area contributed by atoms with Crippen LogP contribution in [0.25, 0.3) is 0 Å². The molecule has 0 unspecified atom stereocenters. The summed E-state index contributed by atoms with van der Waals surface area (Å²) in [5, 5.41) is 5.57. The maximum Gasteiger partial charge on any atom is 0.234 e. The molecule has 0 rings (SSSR count). The summed E-state index contributed by atoms with van der Waals surface area (Å²) in [6, 6.07) is 0. The molecule has 0 heterocycles. The van der Waals surface area contributed by atoms with Crippen molar-refractivity contribution >= 4 is 5.91 Å². The molecule has 0 saturated carbocycles. The summed E-state index contributed by atoms with van der Waals surface area (Å²) in [7, 11) is 1.74. The Hall–Kier alpha value is -0.610. The fourth-order valence-corrected chi connectivity index (χ4v) is 0.976. The Labute approximate surface area is 80.0 Å². The zero-order valence-corrected chi connectivity index (χ0v) is 8.94. The Bertz CT molecular complexity index is 158. The summed E-state index contributed by atoms with van der Waals surface area (Å²) >= 11 is 0. The standard InChI is InChI=1S/C9H20N2O2/c1-5-13-9(2,3)7-11-8(12)6-10-4/h10H,5-7H2,1-4H3,(H,11,12). The third-order valence-corrected chi connectivity index (χ3v) is 1.58. The van der Waals surface area contributed by atoms with Crippen molar-refractivity contribution < 1.29 is 9.53 Å². The van der Waals surface area contributed by atoms with E-state index in [2.05, 4.69) is 10.6 Å². The second kappa shape index (κ2) is 5.94. The normalized spacial score (nSPS) is 11.4. The molecule has 0 radical (unpaired) electrons. The second-order valence-corrected chi connectivity index (χ2v) is 3.50. The van der Waals surface area contributed by atoms with Gasteiger partial charge in [0.05, 0.1) is 12.1 Å². The van der Waals surface area contributed by atoms with Gasteiger partial charge in [-0.25, -0.2) is 0 Å². The van der Waals surface area contributed by atoms with E-state index in [1.54, 1.807) is 7.05 Å². The van der Waals surface area contributed by atoms with E-state index in [-0.39, 0.29) is 11.5 Å². The topological polar surface area (TPSA) is 50.4 Å². The lowest BCUT2D eigenvalue weighted by Gasteiger charge is -2.24. The van der Waals surface area contributed by atoms with E-state index in [0.29, 0.717) is 19.7 Å². The number of hydrogen-bond acceptors (Lipinski definition) is 3. The van der Waals surface area contributed by atoms with Crippen LogP contribution in [0.5, 0.6) is 0 Å². The predicted molar refractivity (Wildman–Crippen MR) is 52.6 cm³/mol. The minimum absolute atomic E-state index is 0.00437. The number of ether oxygens (including phenoxy) is 1. The number of carbonyl (C=O) groups is 1. The number of rotatable bonds is 6. The molecule has 2 N–H and O–H groups in total. The molecule has 0 spiro atoms. The van der Waals surface area contributed by atoms with E-state index in [4.69, 9.17) is 4.74 Å². The van der Waals surface area contributed by atoms with Crippen LogP contribution in [-0.4, -0.2) is 38.3 Å². The van der Waals surface area contributed by atoms with Gasteiger partial charge in [-0.2, -0.15) is 0 Å². The molecule has 4 nitrogen and oxygen atoms in total. The van der Waals surface area contributed by atoms with Gasteiger partial charge in [-0.3, -0.25) is 4.79 Å². The van der Waals surface area contributed by atoms with E-state index in [9.17, 15) is 4.79 Å². The first-order valence-electron chi connectivity index (χ1n) is 4.57. The van der Waals surface area contributed by atoms with Crippen LogP contribution in [0.3, 0.4) is 0 Å². The summed E-state index contributed by atoms with van der Waals surface area (Å²) in [6.07, 6.45) is 0. The Morgan fingerprint density at radius 2 is 2.08 bits per heavy atom. The third-order valence-electron chi connectivity index (χ3n) is 1.58. The summed E-state index contributed by atoms with van der Waals surface area (Å²) in [5.74, 6) is -0.00437. The monoisotopic (exact) mass is 188 g/mol. The van der Waals surface area contributed by atoms with E-state index in [1.165, 1.54) is 0 Å². The smallest absolute Gasteiger partial charge is 0.234 e. The van der Waals surface area contributed by atoms with Gasteiger partial charge in [-0.05, 0) is 27.8 Å². The van der Waals surface area contributed by atoms with Crippen molar-refractivity contribution in [2.24, 2.45) is 0 Å². The van der Waals surface area contributed by atoms with Crippen molar-refractivity contribution in [2.75, 3.05) is 26.7 Å². The molecule has 0 aliphatic carbocycles. The number of amides is 1. The van der Waals surface area contributed by atoms with Crippen molar-refractivity contribution in [3.63, 3.8) is 0 Å². The zero-order valence-electron chi connectivity index (χ0n) is 8.94. The van der Waals surface area contributed by atoms with Crippen LogP contribution in [0.4, 0.5) is 0 Å². The fraction of sp³-hybridized carbons (Fsp3) is 0.889. The van der Waals surface area contributed by atoms with Crippen molar-refractivity contribution in [3.8, 4) is 0 Å². The van der Waals surface area contributed by atoms with Gasteiger partial charge in [0.25, 0.3) is 0 Å². The molecule has 4 heteroatoms. The highest BCUT2D eigenvalue weighted by Gasteiger charge is 2.17. The molecular formula is C9H20N2O2. The number of nitrogens with one attached hydrogen (secondary N) is 2. The van der Waals surface area contributed by atoms with Gasteiger partial charge < -0.3 is 15.4 Å². The largest absolute Gasteiger partial charge is 0.374 e. The van der Waals surface area contributed by atoms with Crippen LogP contribution in [0.2, 0.25) is 0 Å². The Balaban J connectivity index is 3.67. The van der Waals surface area contributed by atoms with Gasteiger partial charge in [0, 0.05) is 13.2 Å². The van der Waals surface area contributed by atoms with Gasteiger partial charge >= 0.3 is 0 Å². The summed E-state index contributed by atoms with van der Waals surface area (Å²) < 4.78 is 5.42. The quantitative estimate of drug-likeness (QED) is 0.623. The minimum Gasteiger partial charge on any atom is -0.374 e. The lowest BCUT2D eigenvalue weighted by molar-refractivity contribution is -0.121. The summed E-state index contributed by atoms with van der Waals surface area (Å²) in [6.45, 7) is 7.40. The molecule has 0 aliphatic rings. The summed E-state index contributed by atoms with van der Waals surface area (Å²) in [4.78, 5) is 11.1. The first-order valence-corrected chi connectivity index (χ1v) is 4.57. The van der Waals surface area contributed by atoms with Crippen LogP contribution >= 0.6 is 0 Å². The Morgan fingerprint density at radius 1 is 1.46 bits per heavy atom. The maximum absolute atomic E-state index is 11.1. The van der Waals surface area contributed by atoms with Crippen LogP contribution < -0.4 is 10.6 Å². The van der Waals surface area contributed by atoms with Gasteiger partial charge in [-0.15, -0.1) is 0 Å². The van der Waals surface area contributed by atoms with Crippen molar-refractivity contribution in [2.45, 2.75) is 26.4 Å². The van der Waals surface area contributed by atoms with Gasteiger partial charge in [0.15, 0.2) is 0 Å². The molecule has 0 aromatic rings. The second-order valence-electron chi connectivity index (χ2n) is 3.50. The lowest BCUT2D eigenvalue weighted by atomic mass is 10.1. The Kier molecular flexibility index (Phi) is 5.66. The highest BCUT2D eigenvalue weighted by atomic mass is 16.5. The van der Waals surface area contributed by atoms with Gasteiger partial charge in [-0.1, -0.05) is 0 Å². The van der Waals surface area contributed by atoms with Crippen LogP contribution in [0, 0.1) is 0 Å². The molecule has 0 atom stereocenters. The molecular weight excluding hydrogens is 168 g/mol. The van der Waals surface area contributed by atoms with E-state index >= 15 is 0 Å². The molecule has 0 fully saturated rings. The number of hydrogen-bond donors (Lipinski definition) is 2.